The number of nitrogens with zero attached hydrogens (tertiary/aromatic N) is 2. The molecule has 3 nitrogen and oxygen atoms in total. The number of aryl methyl sites for hydroxylation is 2. The molecule has 1 N–H and O–H groups in total. The topological polar surface area (TPSA) is 29.9 Å². The van der Waals surface area contributed by atoms with Gasteiger partial charge in [0.15, 0.2) is 0 Å². The van der Waals surface area contributed by atoms with Gasteiger partial charge in [0.05, 0.1) is 0 Å². The fourth-order valence-electron chi connectivity index (χ4n) is 2.33. The molecule has 1 aromatic heterocycles. The van der Waals surface area contributed by atoms with Crippen LogP contribution in [0, 0.1) is 17.3 Å². The fraction of sp³-hybridized carbons (Fsp3) is 0.812. The summed E-state index contributed by atoms with van der Waals surface area (Å²) in [6.45, 7) is 13.7. The molecule has 0 aliphatic heterocycles. The number of hydrogen-bond donors (Lipinski definition) is 1. The normalized spacial score (nSPS) is 14.1. The first-order chi connectivity index (χ1) is 8.80. The Morgan fingerprint density at radius 1 is 1.26 bits per heavy atom. The molecule has 0 fully saturated rings. The van der Waals surface area contributed by atoms with E-state index in [1.54, 1.807) is 0 Å². The zero-order chi connectivity index (χ0) is 14.5. The van der Waals surface area contributed by atoms with Crippen molar-refractivity contribution in [2.75, 3.05) is 13.1 Å². The van der Waals surface area contributed by atoms with Crippen LogP contribution < -0.4 is 5.32 Å². The van der Waals surface area contributed by atoms with Crippen LogP contribution in [0.5, 0.6) is 0 Å². The minimum Gasteiger partial charge on any atom is -0.338 e. The molecule has 3 heteroatoms. The smallest absolute Gasteiger partial charge is 0.108 e. The molecule has 1 aromatic rings. The molecule has 1 atom stereocenters. The van der Waals surface area contributed by atoms with Crippen LogP contribution in [0.15, 0.2) is 12.4 Å². The SMILES string of the molecule is CC(C)CNCC(CCc1nccn1C)C(C)(C)C. The van der Waals surface area contributed by atoms with Crippen LogP contribution in [0.3, 0.4) is 0 Å². The molecule has 0 saturated carbocycles. The van der Waals surface area contributed by atoms with E-state index in [1.807, 2.05) is 12.4 Å². The van der Waals surface area contributed by atoms with Crippen LogP contribution in [0.4, 0.5) is 0 Å². The molecule has 0 aromatic carbocycles. The molecule has 1 rings (SSSR count). The third-order valence-electron chi connectivity index (χ3n) is 3.81. The summed E-state index contributed by atoms with van der Waals surface area (Å²) in [5.74, 6) is 2.59. The van der Waals surface area contributed by atoms with E-state index in [1.165, 1.54) is 12.2 Å². The summed E-state index contributed by atoms with van der Waals surface area (Å²) in [7, 11) is 2.07. The standard InChI is InChI=1S/C16H31N3/c1-13(2)11-17-12-14(16(3,4)5)7-8-15-18-9-10-19(15)6/h9-10,13-14,17H,7-8,11-12H2,1-6H3. The van der Waals surface area contributed by atoms with Crippen LogP contribution in [0.2, 0.25) is 0 Å². The van der Waals surface area contributed by atoms with Crippen LogP contribution in [0.1, 0.15) is 46.9 Å². The Labute approximate surface area is 118 Å². The van der Waals surface area contributed by atoms with Gasteiger partial charge in [0.25, 0.3) is 0 Å². The fourth-order valence-corrected chi connectivity index (χ4v) is 2.33. The zero-order valence-electron chi connectivity index (χ0n) is 13.5. The maximum atomic E-state index is 4.42. The maximum absolute atomic E-state index is 4.42. The molecule has 0 saturated heterocycles. The van der Waals surface area contributed by atoms with Gasteiger partial charge in [0.2, 0.25) is 0 Å². The predicted molar refractivity (Wildman–Crippen MR) is 82.2 cm³/mol. The van der Waals surface area contributed by atoms with Crippen molar-refractivity contribution in [3.63, 3.8) is 0 Å². The first-order valence-electron chi connectivity index (χ1n) is 7.47. The highest BCUT2D eigenvalue weighted by atomic mass is 15.0. The van der Waals surface area contributed by atoms with E-state index in [9.17, 15) is 0 Å². The van der Waals surface area contributed by atoms with Crippen molar-refractivity contribution in [3.8, 4) is 0 Å². The Morgan fingerprint density at radius 2 is 1.95 bits per heavy atom. The highest BCUT2D eigenvalue weighted by Crippen LogP contribution is 2.29. The minimum absolute atomic E-state index is 0.342. The first kappa shape index (κ1) is 16.2. The lowest BCUT2D eigenvalue weighted by atomic mass is 9.78. The van der Waals surface area contributed by atoms with Crippen molar-refractivity contribution in [2.24, 2.45) is 24.3 Å². The molecule has 0 bridgehead atoms. The highest BCUT2D eigenvalue weighted by molar-refractivity contribution is 4.92. The van der Waals surface area contributed by atoms with E-state index < -0.39 is 0 Å². The summed E-state index contributed by atoms with van der Waals surface area (Å²) in [6.07, 6.45) is 6.17. The van der Waals surface area contributed by atoms with E-state index in [0.717, 1.165) is 25.4 Å². The van der Waals surface area contributed by atoms with E-state index >= 15 is 0 Å². The molecule has 0 aliphatic carbocycles. The molecule has 0 amide bonds. The zero-order valence-corrected chi connectivity index (χ0v) is 13.5. The van der Waals surface area contributed by atoms with Gasteiger partial charge in [-0.2, -0.15) is 0 Å². The maximum Gasteiger partial charge on any atom is 0.108 e. The second-order valence-electron chi connectivity index (χ2n) is 7.11. The summed E-state index contributed by atoms with van der Waals surface area (Å²) in [4.78, 5) is 4.42. The Bertz CT molecular complexity index is 360. The minimum atomic E-state index is 0.342. The van der Waals surface area contributed by atoms with Crippen molar-refractivity contribution >= 4 is 0 Å². The lowest BCUT2D eigenvalue weighted by Crippen LogP contribution is -2.34. The van der Waals surface area contributed by atoms with Gasteiger partial charge in [0, 0.05) is 25.9 Å². The Hall–Kier alpha value is -0.830. The number of aromatic nitrogens is 2. The highest BCUT2D eigenvalue weighted by Gasteiger charge is 2.24. The molecule has 19 heavy (non-hydrogen) atoms. The molecule has 1 unspecified atom stereocenters. The van der Waals surface area contributed by atoms with Gasteiger partial charge < -0.3 is 9.88 Å². The van der Waals surface area contributed by atoms with Gasteiger partial charge in [-0.3, -0.25) is 0 Å². The van der Waals surface area contributed by atoms with Crippen molar-refractivity contribution in [2.45, 2.75) is 47.5 Å². The van der Waals surface area contributed by atoms with Gasteiger partial charge in [-0.05, 0) is 36.8 Å². The summed E-state index contributed by atoms with van der Waals surface area (Å²) in [6, 6.07) is 0. The Morgan fingerprint density at radius 3 is 2.42 bits per heavy atom. The first-order valence-corrected chi connectivity index (χ1v) is 7.47. The average Bonchev–Trinajstić information content (AvgIpc) is 2.67. The molecular weight excluding hydrogens is 234 g/mol. The van der Waals surface area contributed by atoms with Crippen LogP contribution in [0.25, 0.3) is 0 Å². The number of hydrogen-bond acceptors (Lipinski definition) is 2. The summed E-state index contributed by atoms with van der Waals surface area (Å²) in [5.41, 5.74) is 0.342. The largest absolute Gasteiger partial charge is 0.338 e. The molecule has 110 valence electrons. The lowest BCUT2D eigenvalue weighted by molar-refractivity contribution is 0.215. The number of rotatable bonds is 7. The van der Waals surface area contributed by atoms with Crippen molar-refractivity contribution in [3.05, 3.63) is 18.2 Å². The van der Waals surface area contributed by atoms with Crippen LogP contribution in [-0.4, -0.2) is 22.6 Å². The molecule has 0 radical (unpaired) electrons. The second-order valence-corrected chi connectivity index (χ2v) is 7.11. The summed E-state index contributed by atoms with van der Waals surface area (Å²) < 4.78 is 2.13. The molecule has 0 spiro atoms. The molecule has 0 aliphatic rings. The van der Waals surface area contributed by atoms with Crippen LogP contribution >= 0.6 is 0 Å². The quantitative estimate of drug-likeness (QED) is 0.820. The predicted octanol–water partition coefficient (Wildman–Crippen LogP) is 3.26. The van der Waals surface area contributed by atoms with Crippen molar-refractivity contribution in [1.82, 2.24) is 14.9 Å². The van der Waals surface area contributed by atoms with Crippen molar-refractivity contribution in [1.29, 1.82) is 0 Å². The van der Waals surface area contributed by atoms with Crippen LogP contribution in [-0.2, 0) is 13.5 Å². The number of imidazole rings is 1. The number of nitrogens with one attached hydrogen (secondary N) is 1. The molecular formula is C16H31N3. The van der Waals surface area contributed by atoms with Gasteiger partial charge in [-0.25, -0.2) is 4.98 Å². The van der Waals surface area contributed by atoms with Gasteiger partial charge in [0.1, 0.15) is 5.82 Å². The van der Waals surface area contributed by atoms with Gasteiger partial charge in [-0.15, -0.1) is 0 Å². The second kappa shape index (κ2) is 7.09. The third-order valence-corrected chi connectivity index (χ3v) is 3.81. The molecule has 1 heterocycles. The van der Waals surface area contributed by atoms with E-state index in [-0.39, 0.29) is 0 Å². The summed E-state index contributed by atoms with van der Waals surface area (Å²) >= 11 is 0. The van der Waals surface area contributed by atoms with E-state index in [2.05, 4.69) is 56.5 Å². The van der Waals surface area contributed by atoms with E-state index in [0.29, 0.717) is 11.3 Å². The van der Waals surface area contributed by atoms with Crippen molar-refractivity contribution < 1.29 is 0 Å². The van der Waals surface area contributed by atoms with E-state index in [4.69, 9.17) is 0 Å². The van der Waals surface area contributed by atoms with Gasteiger partial charge >= 0.3 is 0 Å². The average molecular weight is 265 g/mol. The monoisotopic (exact) mass is 265 g/mol. The van der Waals surface area contributed by atoms with Gasteiger partial charge in [-0.1, -0.05) is 34.6 Å². The lowest BCUT2D eigenvalue weighted by Gasteiger charge is -2.31. The Balaban J connectivity index is 2.48. The Kier molecular flexibility index (Phi) is 6.05. The summed E-state index contributed by atoms with van der Waals surface area (Å²) in [5, 5.41) is 3.61. The third kappa shape index (κ3) is 5.77.